The van der Waals surface area contributed by atoms with E-state index in [0.717, 1.165) is 11.2 Å². The molecule has 0 spiro atoms. The van der Waals surface area contributed by atoms with Crippen LogP contribution in [0.3, 0.4) is 0 Å². The highest BCUT2D eigenvalue weighted by Gasteiger charge is 2.21. The summed E-state index contributed by atoms with van der Waals surface area (Å²) in [6.07, 6.45) is 0. The van der Waals surface area contributed by atoms with Crippen LogP contribution in [-0.4, -0.2) is 0 Å². The number of fused-ring (bicyclic) bond motifs is 5. The van der Waals surface area contributed by atoms with E-state index in [2.05, 4.69) is 170 Å². The molecule has 10 aromatic carbocycles. The normalized spacial score (nSPS) is 12.1. The first kappa shape index (κ1) is 26.6. The van der Waals surface area contributed by atoms with Crippen molar-refractivity contribution in [3.05, 3.63) is 170 Å². The summed E-state index contributed by atoms with van der Waals surface area (Å²) in [7, 11) is 0. The molecule has 1 nitrogen and oxygen atoms in total. The van der Waals surface area contributed by atoms with E-state index in [1.165, 1.54) is 98.0 Å². The van der Waals surface area contributed by atoms with Crippen LogP contribution in [0.1, 0.15) is 0 Å². The molecule has 0 saturated heterocycles. The van der Waals surface area contributed by atoms with Crippen molar-refractivity contribution in [3.8, 4) is 33.4 Å². The van der Waals surface area contributed by atoms with Gasteiger partial charge in [0.25, 0.3) is 0 Å². The van der Waals surface area contributed by atoms with Gasteiger partial charge in [-0.05, 0) is 105 Å². The summed E-state index contributed by atoms with van der Waals surface area (Å²) in [6, 6.07) is 62.1. The van der Waals surface area contributed by atoms with E-state index in [9.17, 15) is 0 Å². The van der Waals surface area contributed by atoms with Crippen molar-refractivity contribution in [1.29, 1.82) is 0 Å². The molecular formula is C48H28O. The zero-order valence-corrected chi connectivity index (χ0v) is 26.6. The van der Waals surface area contributed by atoms with Gasteiger partial charge in [-0.15, -0.1) is 0 Å². The molecular weight excluding hydrogens is 593 g/mol. The summed E-state index contributed by atoms with van der Waals surface area (Å²) < 4.78 is 6.34. The second-order valence-corrected chi connectivity index (χ2v) is 13.2. The quantitative estimate of drug-likeness (QED) is 0.141. The predicted octanol–water partition coefficient (Wildman–Crippen LogP) is 13.8. The van der Waals surface area contributed by atoms with Crippen molar-refractivity contribution in [2.75, 3.05) is 0 Å². The van der Waals surface area contributed by atoms with E-state index in [0.29, 0.717) is 0 Å². The Labute approximate surface area is 282 Å². The lowest BCUT2D eigenvalue weighted by Crippen LogP contribution is -1.92. The van der Waals surface area contributed by atoms with Gasteiger partial charge in [-0.1, -0.05) is 152 Å². The SMILES string of the molecule is c1ccc2c(c1)ccc1c(-c3ccc(-c4c5ccccc5c(-c5cc6cccc7oc8cccc5c8c67)c5ccccc45)cc3)cccc12. The van der Waals surface area contributed by atoms with Gasteiger partial charge in [-0.2, -0.15) is 0 Å². The molecule has 0 amide bonds. The largest absolute Gasteiger partial charge is 0.456 e. The Hall–Kier alpha value is -6.44. The Bertz CT molecular complexity index is 3030. The minimum Gasteiger partial charge on any atom is -0.456 e. The number of hydrogen-bond acceptors (Lipinski definition) is 1. The molecule has 226 valence electrons. The van der Waals surface area contributed by atoms with E-state index in [1.54, 1.807) is 0 Å². The third-order valence-corrected chi connectivity index (χ3v) is 10.6. The van der Waals surface area contributed by atoms with Crippen LogP contribution in [0.25, 0.3) is 109 Å². The van der Waals surface area contributed by atoms with Gasteiger partial charge in [-0.25, -0.2) is 0 Å². The summed E-state index contributed by atoms with van der Waals surface area (Å²) >= 11 is 0. The predicted molar refractivity (Wildman–Crippen MR) is 209 cm³/mol. The van der Waals surface area contributed by atoms with Crippen LogP contribution < -0.4 is 0 Å². The molecule has 11 aromatic rings. The Morgan fingerprint density at radius 3 is 1.59 bits per heavy atom. The van der Waals surface area contributed by atoms with Gasteiger partial charge in [0, 0.05) is 10.8 Å². The lowest BCUT2D eigenvalue weighted by atomic mass is 9.83. The zero-order chi connectivity index (χ0) is 32.1. The van der Waals surface area contributed by atoms with Crippen molar-refractivity contribution in [2.24, 2.45) is 0 Å². The average Bonchev–Trinajstić information content (AvgIpc) is 3.56. The van der Waals surface area contributed by atoms with E-state index in [1.807, 2.05) is 0 Å². The minimum absolute atomic E-state index is 0.940. The van der Waals surface area contributed by atoms with Gasteiger partial charge >= 0.3 is 0 Å². The van der Waals surface area contributed by atoms with Crippen molar-refractivity contribution in [2.45, 2.75) is 0 Å². The third-order valence-electron chi connectivity index (χ3n) is 10.6. The fraction of sp³-hybridized carbons (Fsp3) is 0. The highest BCUT2D eigenvalue weighted by Crippen LogP contribution is 2.48. The molecule has 0 N–H and O–H groups in total. The summed E-state index contributed by atoms with van der Waals surface area (Å²) in [4.78, 5) is 0. The maximum atomic E-state index is 6.34. The summed E-state index contributed by atoms with van der Waals surface area (Å²) in [5.41, 5.74) is 9.36. The van der Waals surface area contributed by atoms with E-state index in [-0.39, 0.29) is 0 Å². The second kappa shape index (κ2) is 10.0. The van der Waals surface area contributed by atoms with E-state index >= 15 is 0 Å². The second-order valence-electron chi connectivity index (χ2n) is 13.2. The lowest BCUT2D eigenvalue weighted by molar-refractivity contribution is 0.669. The number of hydrogen-bond donors (Lipinski definition) is 0. The first-order valence-electron chi connectivity index (χ1n) is 16.9. The van der Waals surface area contributed by atoms with Crippen molar-refractivity contribution in [3.63, 3.8) is 0 Å². The summed E-state index contributed by atoms with van der Waals surface area (Å²) in [5.74, 6) is 0. The van der Waals surface area contributed by atoms with Crippen LogP contribution in [0.15, 0.2) is 174 Å². The molecule has 11 rings (SSSR count). The van der Waals surface area contributed by atoms with Gasteiger partial charge in [-0.3, -0.25) is 0 Å². The minimum atomic E-state index is 0.940. The molecule has 1 aromatic heterocycles. The van der Waals surface area contributed by atoms with Crippen LogP contribution in [0.5, 0.6) is 0 Å². The van der Waals surface area contributed by atoms with Gasteiger partial charge < -0.3 is 4.42 Å². The van der Waals surface area contributed by atoms with Crippen LogP contribution >= 0.6 is 0 Å². The van der Waals surface area contributed by atoms with Crippen LogP contribution in [-0.2, 0) is 0 Å². The lowest BCUT2D eigenvalue weighted by Gasteiger charge is -2.19. The molecule has 1 heterocycles. The number of rotatable bonds is 3. The Balaban J connectivity index is 1.15. The van der Waals surface area contributed by atoms with Gasteiger partial charge in [0.15, 0.2) is 0 Å². The number of furan rings is 1. The standard InChI is InChI=1S/C48H28O/c1-2-12-33-29(10-1)26-27-36-34(17-8-18-35(33)36)30-22-24-31(25-23-30)45-37-13-3-5-15-39(37)47(40-16-6-4-14-38(40)45)42-28-32-11-7-20-43-46(32)48-41(42)19-9-21-44(48)49-43/h1-28H. The van der Waals surface area contributed by atoms with Gasteiger partial charge in [0.2, 0.25) is 0 Å². The van der Waals surface area contributed by atoms with E-state index in [4.69, 9.17) is 4.42 Å². The molecule has 0 unspecified atom stereocenters. The maximum Gasteiger partial charge on any atom is 0.136 e. The first-order valence-corrected chi connectivity index (χ1v) is 16.9. The summed E-state index contributed by atoms with van der Waals surface area (Å²) in [6.45, 7) is 0. The maximum absolute atomic E-state index is 6.34. The molecule has 0 fully saturated rings. The zero-order valence-electron chi connectivity index (χ0n) is 26.6. The van der Waals surface area contributed by atoms with Gasteiger partial charge in [0.05, 0.1) is 0 Å². The molecule has 0 aliphatic rings. The van der Waals surface area contributed by atoms with Crippen molar-refractivity contribution >= 4 is 75.8 Å². The van der Waals surface area contributed by atoms with Crippen molar-refractivity contribution < 1.29 is 4.42 Å². The smallest absolute Gasteiger partial charge is 0.136 e. The Kier molecular flexibility index (Phi) is 5.45. The van der Waals surface area contributed by atoms with Crippen LogP contribution in [0, 0.1) is 0 Å². The van der Waals surface area contributed by atoms with E-state index < -0.39 is 0 Å². The number of benzene rings is 10. The Morgan fingerprint density at radius 2 is 0.837 bits per heavy atom. The fourth-order valence-electron chi connectivity index (χ4n) is 8.52. The monoisotopic (exact) mass is 620 g/mol. The van der Waals surface area contributed by atoms with Crippen molar-refractivity contribution in [1.82, 2.24) is 0 Å². The molecule has 0 radical (unpaired) electrons. The highest BCUT2D eigenvalue weighted by atomic mass is 16.3. The molecule has 1 heteroatoms. The topological polar surface area (TPSA) is 13.1 Å². The first-order chi connectivity index (χ1) is 24.3. The van der Waals surface area contributed by atoms with Gasteiger partial charge in [0.1, 0.15) is 11.2 Å². The average molecular weight is 621 g/mol. The molecule has 0 aliphatic heterocycles. The summed E-state index contributed by atoms with van der Waals surface area (Å²) in [5, 5.41) is 15.0. The molecule has 49 heavy (non-hydrogen) atoms. The fourth-order valence-corrected chi connectivity index (χ4v) is 8.52. The molecule has 0 bridgehead atoms. The Morgan fingerprint density at radius 1 is 0.286 bits per heavy atom. The molecule has 0 saturated carbocycles. The molecule has 0 atom stereocenters. The molecule has 0 aliphatic carbocycles. The third kappa shape index (κ3) is 3.76. The van der Waals surface area contributed by atoms with Crippen LogP contribution in [0.4, 0.5) is 0 Å². The highest BCUT2D eigenvalue weighted by molar-refractivity contribution is 6.29. The van der Waals surface area contributed by atoms with Crippen LogP contribution in [0.2, 0.25) is 0 Å².